The highest BCUT2D eigenvalue weighted by atomic mass is 32.2. The van der Waals surface area contributed by atoms with Crippen molar-refractivity contribution in [3.8, 4) is 0 Å². The molecule has 0 aliphatic carbocycles. The molecule has 1 aromatic heterocycles. The van der Waals surface area contributed by atoms with Gasteiger partial charge in [-0.2, -0.15) is 0 Å². The van der Waals surface area contributed by atoms with Crippen molar-refractivity contribution < 1.29 is 9.59 Å². The predicted octanol–water partition coefficient (Wildman–Crippen LogP) is 4.97. The van der Waals surface area contributed by atoms with Crippen molar-refractivity contribution in [2.45, 2.75) is 23.8 Å². The molecule has 1 N–H and O–H groups in total. The maximum Gasteiger partial charge on any atom is 0.255 e. The van der Waals surface area contributed by atoms with Crippen LogP contribution >= 0.6 is 11.8 Å². The summed E-state index contributed by atoms with van der Waals surface area (Å²) in [4.78, 5) is 32.1. The summed E-state index contributed by atoms with van der Waals surface area (Å²) in [6, 6.07) is 20.2. The van der Waals surface area contributed by atoms with Crippen LogP contribution in [0.15, 0.2) is 82.8 Å². The van der Waals surface area contributed by atoms with Crippen LogP contribution in [0.2, 0.25) is 0 Å². The molecule has 5 nitrogen and oxygen atoms in total. The number of carbonyl (C=O) groups excluding carboxylic acids is 2. The Morgan fingerprint density at radius 2 is 1.69 bits per heavy atom. The lowest BCUT2D eigenvalue weighted by atomic mass is 10.1. The van der Waals surface area contributed by atoms with Crippen LogP contribution < -0.4 is 5.32 Å². The normalized spacial score (nSPS) is 10.4. The maximum atomic E-state index is 12.6. The number of hydrogen-bond donors (Lipinski definition) is 1. The number of benzene rings is 2. The van der Waals surface area contributed by atoms with E-state index in [-0.39, 0.29) is 11.8 Å². The molecule has 0 saturated heterocycles. The number of pyridine rings is 1. The van der Waals surface area contributed by atoms with Gasteiger partial charge in [0.15, 0.2) is 0 Å². The molecule has 148 valence electrons. The monoisotopic (exact) mass is 405 g/mol. The lowest BCUT2D eigenvalue weighted by Gasteiger charge is -2.19. The number of carbonyl (C=O) groups is 2. The Morgan fingerprint density at radius 1 is 0.931 bits per heavy atom. The highest BCUT2D eigenvalue weighted by Gasteiger charge is 2.13. The molecular formula is C23H23N3O2S. The number of amides is 2. The first-order valence-electron chi connectivity index (χ1n) is 9.50. The van der Waals surface area contributed by atoms with Crippen molar-refractivity contribution in [2.75, 3.05) is 18.4 Å². The van der Waals surface area contributed by atoms with Crippen molar-refractivity contribution in [1.29, 1.82) is 0 Å². The van der Waals surface area contributed by atoms with Crippen molar-refractivity contribution in [3.05, 3.63) is 84.1 Å². The van der Waals surface area contributed by atoms with E-state index in [1.165, 1.54) is 11.8 Å². The fraction of sp³-hybridized carbons (Fsp3) is 0.174. The van der Waals surface area contributed by atoms with Crippen LogP contribution in [0.3, 0.4) is 0 Å². The zero-order chi connectivity index (χ0) is 20.6. The topological polar surface area (TPSA) is 62.3 Å². The summed E-state index contributed by atoms with van der Waals surface area (Å²) in [6.45, 7) is 5.19. The maximum absolute atomic E-state index is 12.6. The molecule has 0 aliphatic heterocycles. The molecule has 0 fully saturated rings. The molecule has 0 spiro atoms. The van der Waals surface area contributed by atoms with Gasteiger partial charge in [-0.1, -0.05) is 23.9 Å². The fourth-order valence-electron chi connectivity index (χ4n) is 2.83. The minimum atomic E-state index is -0.216. The number of rotatable bonds is 7. The number of anilines is 1. The molecule has 6 heteroatoms. The van der Waals surface area contributed by atoms with E-state index >= 15 is 0 Å². The lowest BCUT2D eigenvalue weighted by molar-refractivity contribution is 0.0772. The molecule has 3 aromatic rings. The van der Waals surface area contributed by atoms with Gasteiger partial charge in [0, 0.05) is 41.0 Å². The molecule has 0 unspecified atom stereocenters. The SMILES string of the molecule is CCN(CC)C(=O)c1cccc(NC(=O)c2ccc(Sc3ccccn3)cc2)c1. The Labute approximate surface area is 175 Å². The highest BCUT2D eigenvalue weighted by Crippen LogP contribution is 2.25. The van der Waals surface area contributed by atoms with Gasteiger partial charge in [-0.25, -0.2) is 4.98 Å². The minimum absolute atomic E-state index is 0.0398. The zero-order valence-corrected chi connectivity index (χ0v) is 17.3. The standard InChI is InChI=1S/C23H23N3O2S/c1-3-26(4-2)23(28)18-8-7-9-19(16-18)25-22(27)17-11-13-20(14-12-17)29-21-10-5-6-15-24-21/h5-16H,3-4H2,1-2H3,(H,25,27). The Morgan fingerprint density at radius 3 is 2.34 bits per heavy atom. The average molecular weight is 406 g/mol. The Bertz CT molecular complexity index is 971. The van der Waals surface area contributed by atoms with Gasteiger partial charge in [-0.15, -0.1) is 0 Å². The van der Waals surface area contributed by atoms with Gasteiger partial charge in [0.05, 0.1) is 0 Å². The van der Waals surface area contributed by atoms with Gasteiger partial charge >= 0.3 is 0 Å². The van der Waals surface area contributed by atoms with E-state index < -0.39 is 0 Å². The second-order valence-electron chi connectivity index (χ2n) is 6.31. The van der Waals surface area contributed by atoms with Crippen LogP contribution in [-0.2, 0) is 0 Å². The molecular weight excluding hydrogens is 382 g/mol. The smallest absolute Gasteiger partial charge is 0.255 e. The minimum Gasteiger partial charge on any atom is -0.339 e. The van der Waals surface area contributed by atoms with E-state index in [4.69, 9.17) is 0 Å². The first kappa shape index (κ1) is 20.6. The van der Waals surface area contributed by atoms with Gasteiger partial charge in [-0.3, -0.25) is 9.59 Å². The van der Waals surface area contributed by atoms with E-state index in [1.54, 1.807) is 47.5 Å². The van der Waals surface area contributed by atoms with Crippen LogP contribution in [0.1, 0.15) is 34.6 Å². The molecule has 0 aliphatic rings. The van der Waals surface area contributed by atoms with E-state index in [0.717, 1.165) is 9.92 Å². The predicted molar refractivity (Wildman–Crippen MR) is 116 cm³/mol. The van der Waals surface area contributed by atoms with Gasteiger partial charge in [0.1, 0.15) is 5.03 Å². The van der Waals surface area contributed by atoms with E-state index in [9.17, 15) is 9.59 Å². The fourth-order valence-corrected chi connectivity index (χ4v) is 3.60. The molecule has 0 bridgehead atoms. The average Bonchev–Trinajstić information content (AvgIpc) is 2.76. The van der Waals surface area contributed by atoms with Crippen LogP contribution in [0.4, 0.5) is 5.69 Å². The van der Waals surface area contributed by atoms with E-state index in [0.29, 0.717) is 29.9 Å². The summed E-state index contributed by atoms with van der Waals surface area (Å²) in [7, 11) is 0. The lowest BCUT2D eigenvalue weighted by Crippen LogP contribution is -2.30. The number of nitrogens with one attached hydrogen (secondary N) is 1. The summed E-state index contributed by atoms with van der Waals surface area (Å²) in [6.07, 6.45) is 1.75. The third-order valence-corrected chi connectivity index (χ3v) is 5.35. The molecule has 3 rings (SSSR count). The summed E-state index contributed by atoms with van der Waals surface area (Å²) in [5.74, 6) is -0.256. The van der Waals surface area contributed by atoms with E-state index in [2.05, 4.69) is 10.3 Å². The second kappa shape index (κ2) is 9.89. The first-order chi connectivity index (χ1) is 14.1. The second-order valence-corrected chi connectivity index (χ2v) is 7.40. The zero-order valence-electron chi connectivity index (χ0n) is 16.5. The molecule has 0 saturated carbocycles. The van der Waals surface area contributed by atoms with Crippen LogP contribution in [-0.4, -0.2) is 34.8 Å². The molecule has 1 heterocycles. The molecule has 0 atom stereocenters. The van der Waals surface area contributed by atoms with Gasteiger partial charge in [0.2, 0.25) is 0 Å². The van der Waals surface area contributed by atoms with Crippen LogP contribution in [0.25, 0.3) is 0 Å². The van der Waals surface area contributed by atoms with Crippen molar-refractivity contribution in [3.63, 3.8) is 0 Å². The molecule has 2 aromatic carbocycles. The van der Waals surface area contributed by atoms with Gasteiger partial charge in [0.25, 0.3) is 11.8 Å². The largest absolute Gasteiger partial charge is 0.339 e. The quantitative estimate of drug-likeness (QED) is 0.603. The number of nitrogens with zero attached hydrogens (tertiary/aromatic N) is 2. The Kier molecular flexibility index (Phi) is 7.03. The number of hydrogen-bond acceptors (Lipinski definition) is 4. The van der Waals surface area contributed by atoms with Crippen LogP contribution in [0.5, 0.6) is 0 Å². The summed E-state index contributed by atoms with van der Waals surface area (Å²) in [5.41, 5.74) is 1.71. The third kappa shape index (κ3) is 5.45. The Balaban J connectivity index is 1.67. The summed E-state index contributed by atoms with van der Waals surface area (Å²) in [5, 5.41) is 3.77. The highest BCUT2D eigenvalue weighted by molar-refractivity contribution is 7.99. The van der Waals surface area contributed by atoms with Gasteiger partial charge in [-0.05, 0) is 68.4 Å². The van der Waals surface area contributed by atoms with Crippen LogP contribution in [0, 0.1) is 0 Å². The summed E-state index contributed by atoms with van der Waals surface area (Å²) < 4.78 is 0. The molecule has 29 heavy (non-hydrogen) atoms. The van der Waals surface area contributed by atoms with Crippen molar-refractivity contribution >= 4 is 29.3 Å². The Hall–Kier alpha value is -3.12. The van der Waals surface area contributed by atoms with Crippen molar-refractivity contribution in [2.24, 2.45) is 0 Å². The number of aromatic nitrogens is 1. The van der Waals surface area contributed by atoms with E-state index in [1.807, 2.05) is 44.2 Å². The first-order valence-corrected chi connectivity index (χ1v) is 10.3. The van der Waals surface area contributed by atoms with Crippen molar-refractivity contribution in [1.82, 2.24) is 9.88 Å². The summed E-state index contributed by atoms with van der Waals surface area (Å²) >= 11 is 1.54. The third-order valence-electron chi connectivity index (χ3n) is 4.39. The van der Waals surface area contributed by atoms with Gasteiger partial charge < -0.3 is 10.2 Å². The molecule has 0 radical (unpaired) electrons. The molecule has 2 amide bonds.